The van der Waals surface area contributed by atoms with Crippen molar-refractivity contribution in [1.82, 2.24) is 0 Å². The molecule has 0 atom stereocenters. The fraction of sp³-hybridized carbons (Fsp3) is 0.375. The van der Waals surface area contributed by atoms with Gasteiger partial charge in [0.15, 0.2) is 0 Å². The number of anilines is 1. The van der Waals surface area contributed by atoms with Crippen molar-refractivity contribution < 1.29 is 24.1 Å². The van der Waals surface area contributed by atoms with E-state index in [0.717, 1.165) is 54.9 Å². The van der Waals surface area contributed by atoms with Crippen molar-refractivity contribution >= 4 is 22.6 Å². The number of benzene rings is 2. The molecule has 6 heteroatoms. The number of rotatable bonds is 5. The maximum atomic E-state index is 13.2. The SMILES string of the molecule is CC[NH+]1CC[NH+](Cc2c(O)ccc3oc(C)c(C(=O)Nc4ccc(C)cc4)c23)CC1. The number of carbonyl (C=O) groups is 1. The van der Waals surface area contributed by atoms with E-state index in [4.69, 9.17) is 4.42 Å². The number of phenols is 1. The highest BCUT2D eigenvalue weighted by Crippen LogP contribution is 2.34. The molecule has 0 saturated carbocycles. The first kappa shape index (κ1) is 20.4. The van der Waals surface area contributed by atoms with Gasteiger partial charge in [0.2, 0.25) is 0 Å². The average molecular weight is 410 g/mol. The van der Waals surface area contributed by atoms with Crippen molar-refractivity contribution in [3.63, 3.8) is 0 Å². The van der Waals surface area contributed by atoms with Crippen LogP contribution in [0.4, 0.5) is 5.69 Å². The molecule has 6 nitrogen and oxygen atoms in total. The smallest absolute Gasteiger partial charge is 0.259 e. The minimum atomic E-state index is -0.211. The molecule has 4 rings (SSSR count). The lowest BCUT2D eigenvalue weighted by Crippen LogP contribution is -3.27. The molecule has 1 aliphatic heterocycles. The van der Waals surface area contributed by atoms with Crippen molar-refractivity contribution in [2.45, 2.75) is 27.3 Å². The van der Waals surface area contributed by atoms with Crippen molar-refractivity contribution in [3.8, 4) is 5.75 Å². The van der Waals surface area contributed by atoms with Gasteiger partial charge in [-0.25, -0.2) is 0 Å². The number of furan rings is 1. The predicted octanol–water partition coefficient (Wildman–Crippen LogP) is 1.31. The van der Waals surface area contributed by atoms with E-state index >= 15 is 0 Å². The Bertz CT molecular complexity index is 1050. The monoisotopic (exact) mass is 409 g/mol. The van der Waals surface area contributed by atoms with Gasteiger partial charge in [0.1, 0.15) is 49.8 Å². The number of aryl methyl sites for hydroxylation is 2. The Morgan fingerprint density at radius 2 is 1.70 bits per heavy atom. The van der Waals surface area contributed by atoms with Gasteiger partial charge in [0, 0.05) is 11.1 Å². The standard InChI is InChI=1S/C24H29N3O3/c1-4-26-11-13-27(14-12-26)15-19-20(28)9-10-21-23(19)22(17(3)30-21)24(29)25-18-7-5-16(2)6-8-18/h5-10,28H,4,11-15H2,1-3H3,(H,25,29)/p+2. The molecular formula is C24H31N3O3+2. The summed E-state index contributed by atoms with van der Waals surface area (Å²) in [5.74, 6) is 0.583. The van der Waals surface area contributed by atoms with Crippen molar-refractivity contribution in [1.29, 1.82) is 0 Å². The summed E-state index contributed by atoms with van der Waals surface area (Å²) >= 11 is 0. The third-order valence-electron chi connectivity index (χ3n) is 6.24. The van der Waals surface area contributed by atoms with Crippen LogP contribution < -0.4 is 15.1 Å². The molecule has 1 aliphatic rings. The molecule has 0 spiro atoms. The number of fused-ring (bicyclic) bond motifs is 1. The number of carbonyl (C=O) groups excluding carboxylic acids is 1. The first-order valence-electron chi connectivity index (χ1n) is 10.8. The quantitative estimate of drug-likeness (QED) is 0.514. The van der Waals surface area contributed by atoms with E-state index in [1.165, 1.54) is 4.90 Å². The second-order valence-electron chi connectivity index (χ2n) is 8.32. The fourth-order valence-corrected chi connectivity index (χ4v) is 4.39. The number of likely N-dealkylation sites (N-methyl/N-ethyl adjacent to an activating group) is 1. The predicted molar refractivity (Wildman–Crippen MR) is 117 cm³/mol. The van der Waals surface area contributed by atoms with Crippen LogP contribution in [0.3, 0.4) is 0 Å². The van der Waals surface area contributed by atoms with Gasteiger partial charge in [0.05, 0.1) is 17.7 Å². The molecule has 0 unspecified atom stereocenters. The average Bonchev–Trinajstić information content (AvgIpc) is 3.08. The summed E-state index contributed by atoms with van der Waals surface area (Å²) in [5, 5.41) is 14.4. The second kappa shape index (κ2) is 8.50. The Kier molecular flexibility index (Phi) is 5.79. The summed E-state index contributed by atoms with van der Waals surface area (Å²) in [6.45, 7) is 12.3. The summed E-state index contributed by atoms with van der Waals surface area (Å²) in [7, 11) is 0. The first-order valence-corrected chi connectivity index (χ1v) is 10.8. The molecule has 0 aliphatic carbocycles. The molecule has 1 fully saturated rings. The topological polar surface area (TPSA) is 71.3 Å². The summed E-state index contributed by atoms with van der Waals surface area (Å²) in [4.78, 5) is 16.2. The van der Waals surface area contributed by atoms with Crippen LogP contribution in [0.5, 0.6) is 5.75 Å². The van der Waals surface area contributed by atoms with Gasteiger partial charge >= 0.3 is 0 Å². The third-order valence-corrected chi connectivity index (χ3v) is 6.24. The number of nitrogens with one attached hydrogen (secondary N) is 3. The van der Waals surface area contributed by atoms with Crippen LogP contribution >= 0.6 is 0 Å². The highest BCUT2D eigenvalue weighted by Gasteiger charge is 2.27. The van der Waals surface area contributed by atoms with Crippen molar-refractivity contribution in [2.75, 3.05) is 38.0 Å². The van der Waals surface area contributed by atoms with Crippen LogP contribution in [0, 0.1) is 13.8 Å². The molecule has 0 bridgehead atoms. The van der Waals surface area contributed by atoms with Crippen LogP contribution in [-0.2, 0) is 6.54 Å². The molecule has 1 saturated heterocycles. The lowest BCUT2D eigenvalue weighted by Gasteiger charge is -2.29. The number of amides is 1. The van der Waals surface area contributed by atoms with E-state index in [2.05, 4.69) is 12.2 Å². The lowest BCUT2D eigenvalue weighted by molar-refractivity contribution is -1.02. The number of aromatic hydroxyl groups is 1. The number of quaternary nitrogens is 2. The van der Waals surface area contributed by atoms with Crippen LogP contribution in [-0.4, -0.2) is 43.7 Å². The van der Waals surface area contributed by atoms with E-state index in [-0.39, 0.29) is 11.7 Å². The molecule has 2 heterocycles. The van der Waals surface area contributed by atoms with Gasteiger partial charge < -0.3 is 24.6 Å². The number of phenolic OH excluding ortho intramolecular Hbond substituents is 1. The molecule has 158 valence electrons. The van der Waals surface area contributed by atoms with E-state index in [1.54, 1.807) is 24.0 Å². The summed E-state index contributed by atoms with van der Waals surface area (Å²) in [5.41, 5.74) is 3.83. The normalized spacial score (nSPS) is 19.2. The van der Waals surface area contributed by atoms with E-state index in [1.807, 2.05) is 31.2 Å². The largest absolute Gasteiger partial charge is 0.507 e. The third kappa shape index (κ3) is 4.06. The molecule has 2 aromatic carbocycles. The Hall–Kier alpha value is -2.83. The van der Waals surface area contributed by atoms with Crippen molar-refractivity contribution in [3.05, 3.63) is 58.8 Å². The highest BCUT2D eigenvalue weighted by molar-refractivity contribution is 6.14. The van der Waals surface area contributed by atoms with E-state index in [0.29, 0.717) is 23.5 Å². The summed E-state index contributed by atoms with van der Waals surface area (Å²) in [6.07, 6.45) is 0. The van der Waals surface area contributed by atoms with Crippen molar-refractivity contribution in [2.24, 2.45) is 0 Å². The Morgan fingerprint density at radius 1 is 1.03 bits per heavy atom. The Labute approximate surface area is 177 Å². The van der Waals surface area contributed by atoms with Crippen LogP contribution in [0.25, 0.3) is 11.0 Å². The van der Waals surface area contributed by atoms with E-state index in [9.17, 15) is 9.90 Å². The van der Waals surface area contributed by atoms with Crippen LogP contribution in [0.1, 0.15) is 34.2 Å². The van der Waals surface area contributed by atoms with Gasteiger partial charge in [-0.05, 0) is 45.0 Å². The number of piperazine rings is 1. The molecule has 4 N–H and O–H groups in total. The summed E-state index contributed by atoms with van der Waals surface area (Å²) < 4.78 is 5.91. The number of hydrogen-bond acceptors (Lipinski definition) is 3. The van der Waals surface area contributed by atoms with Crippen LogP contribution in [0.15, 0.2) is 40.8 Å². The van der Waals surface area contributed by atoms with Gasteiger partial charge in [-0.3, -0.25) is 4.79 Å². The Balaban J connectivity index is 1.66. The van der Waals surface area contributed by atoms with Gasteiger partial charge in [0.25, 0.3) is 5.91 Å². The second-order valence-corrected chi connectivity index (χ2v) is 8.32. The molecule has 1 amide bonds. The lowest BCUT2D eigenvalue weighted by atomic mass is 10.0. The minimum absolute atomic E-state index is 0.211. The molecule has 3 aromatic rings. The highest BCUT2D eigenvalue weighted by atomic mass is 16.3. The van der Waals surface area contributed by atoms with Crippen LogP contribution in [0.2, 0.25) is 0 Å². The minimum Gasteiger partial charge on any atom is -0.507 e. The zero-order valence-corrected chi connectivity index (χ0v) is 18.0. The fourth-order valence-electron chi connectivity index (χ4n) is 4.39. The molecule has 0 radical (unpaired) electrons. The molecular weight excluding hydrogens is 378 g/mol. The summed E-state index contributed by atoms with van der Waals surface area (Å²) in [6, 6.07) is 11.1. The maximum Gasteiger partial charge on any atom is 0.259 e. The maximum absolute atomic E-state index is 13.2. The molecule has 1 aromatic heterocycles. The Morgan fingerprint density at radius 3 is 2.37 bits per heavy atom. The van der Waals surface area contributed by atoms with Gasteiger partial charge in [-0.2, -0.15) is 0 Å². The zero-order chi connectivity index (χ0) is 21.3. The van der Waals surface area contributed by atoms with Gasteiger partial charge in [-0.1, -0.05) is 17.7 Å². The van der Waals surface area contributed by atoms with Gasteiger partial charge in [-0.15, -0.1) is 0 Å². The van der Waals surface area contributed by atoms with E-state index < -0.39 is 0 Å². The first-order chi connectivity index (χ1) is 14.5. The number of hydrogen-bond donors (Lipinski definition) is 4. The zero-order valence-electron chi connectivity index (χ0n) is 18.0. The molecule has 30 heavy (non-hydrogen) atoms.